The number of methoxy groups -OCH3 is 1. The fourth-order valence-electron chi connectivity index (χ4n) is 3.66. The molecule has 0 spiro atoms. The fraction of sp³-hybridized carbons (Fsp3) is 1.00. The highest BCUT2D eigenvalue weighted by atomic mass is 32.3. The molecule has 2 aliphatic heterocycles. The Hall–Kier alpha value is -0.670. The van der Waals surface area contributed by atoms with E-state index < -0.39 is 106 Å². The van der Waals surface area contributed by atoms with E-state index in [0.717, 1.165) is 14.0 Å². The molecule has 0 radical (unpaired) electrons. The second kappa shape index (κ2) is 12.0. The highest BCUT2D eigenvalue weighted by molar-refractivity contribution is 7.81. The molecule has 22 heteroatoms. The molecule has 2 fully saturated rings. The summed E-state index contributed by atoms with van der Waals surface area (Å²) in [6.07, 6.45) is -18.7. The summed E-state index contributed by atoms with van der Waals surface area (Å²) in [4.78, 5) is 0. The van der Waals surface area contributed by atoms with Crippen molar-refractivity contribution in [3.8, 4) is 0 Å². The van der Waals surface area contributed by atoms with E-state index in [9.17, 15) is 54.2 Å². The Labute approximate surface area is 205 Å². The molecular formula is C14H23O19S3-3. The van der Waals surface area contributed by atoms with Crippen LogP contribution in [0.2, 0.25) is 0 Å². The smallest absolute Gasteiger partial charge is 0.218 e. The zero-order chi connectivity index (χ0) is 27.6. The van der Waals surface area contributed by atoms with E-state index in [2.05, 4.69) is 12.5 Å². The van der Waals surface area contributed by atoms with E-state index in [1.165, 1.54) is 0 Å². The Balaban J connectivity index is 2.46. The maximum absolute atomic E-state index is 11.3. The van der Waals surface area contributed by atoms with Crippen molar-refractivity contribution in [3.05, 3.63) is 0 Å². The zero-order valence-electron chi connectivity index (χ0n) is 18.3. The van der Waals surface area contributed by atoms with Gasteiger partial charge in [0.15, 0.2) is 12.4 Å². The molecule has 2 saturated heterocycles. The number of hydrogen-bond acceptors (Lipinski definition) is 19. The molecule has 19 nitrogen and oxygen atoms in total. The molecule has 2 aliphatic rings. The van der Waals surface area contributed by atoms with Crippen LogP contribution < -0.4 is 0 Å². The van der Waals surface area contributed by atoms with E-state index >= 15 is 0 Å². The molecular weight excluding hydrogens is 568 g/mol. The van der Waals surface area contributed by atoms with Gasteiger partial charge in [-0.15, -0.1) is 0 Å². The minimum Gasteiger partial charge on any atom is -0.726 e. The molecule has 36 heavy (non-hydrogen) atoms. The van der Waals surface area contributed by atoms with Crippen LogP contribution in [0.25, 0.3) is 0 Å². The molecule has 2 heterocycles. The molecule has 2 rings (SSSR count). The van der Waals surface area contributed by atoms with Crippen LogP contribution in [0, 0.1) is 0 Å². The monoisotopic (exact) mass is 591 g/mol. The van der Waals surface area contributed by atoms with Crippen molar-refractivity contribution in [1.82, 2.24) is 0 Å². The van der Waals surface area contributed by atoms with Crippen molar-refractivity contribution >= 4 is 31.2 Å². The summed E-state index contributed by atoms with van der Waals surface area (Å²) in [5.41, 5.74) is 0. The van der Waals surface area contributed by atoms with Gasteiger partial charge >= 0.3 is 0 Å². The Morgan fingerprint density at radius 1 is 0.778 bits per heavy atom. The fourth-order valence-corrected chi connectivity index (χ4v) is 4.97. The number of rotatable bonds is 11. The van der Waals surface area contributed by atoms with Gasteiger partial charge in [0, 0.05) is 7.11 Å². The van der Waals surface area contributed by atoms with Gasteiger partial charge in [-0.3, -0.25) is 12.5 Å². The SMILES string of the molecule is CO[C@@H]1C(OS(=O)(=O)[O-])[C@H](O[C@H]2C(COS(=O)(=O)[O-])O[C@H](C)C(OS(=O)(=O)[O-])[C@H]2O)OC(CO)[C@@H]1O. The maximum atomic E-state index is 11.3. The third-order valence-electron chi connectivity index (χ3n) is 5.09. The van der Waals surface area contributed by atoms with Crippen LogP contribution in [0.3, 0.4) is 0 Å². The van der Waals surface area contributed by atoms with E-state index in [1.807, 2.05) is 0 Å². The average molecular weight is 592 g/mol. The summed E-state index contributed by atoms with van der Waals surface area (Å²) in [5, 5.41) is 30.4. The standard InChI is InChI=1S/C14H26O19S3/c1-5-10(32-35(21,22)23)9(17)11(7(29-5)4-28-34(18,19)20)31-14-13(33-36(24,25)26)12(27-2)8(16)6(3-15)30-14/h5-17H,3-4H2,1-2H3,(H,18,19,20)(H,21,22,23)(H,24,25,26)/p-3/t5-,6?,7?,8+,9-,10?,11+,12+,13?,14+/m1/s1. The predicted octanol–water partition coefficient (Wildman–Crippen LogP) is -5.22. The van der Waals surface area contributed by atoms with Crippen molar-refractivity contribution in [2.75, 3.05) is 20.3 Å². The summed E-state index contributed by atoms with van der Waals surface area (Å²) < 4.78 is 133. The summed E-state index contributed by atoms with van der Waals surface area (Å²) >= 11 is 0. The molecule has 10 atom stereocenters. The van der Waals surface area contributed by atoms with Crippen LogP contribution in [0.5, 0.6) is 0 Å². The van der Waals surface area contributed by atoms with Crippen molar-refractivity contribution < 1.29 is 85.7 Å². The van der Waals surface area contributed by atoms with Gasteiger partial charge in [-0.25, -0.2) is 25.3 Å². The van der Waals surface area contributed by atoms with Gasteiger partial charge in [0.25, 0.3) is 0 Å². The topological polar surface area (TPSA) is 297 Å². The van der Waals surface area contributed by atoms with Crippen LogP contribution in [0.15, 0.2) is 0 Å². The zero-order valence-corrected chi connectivity index (χ0v) is 20.7. The van der Waals surface area contributed by atoms with Gasteiger partial charge in [0.2, 0.25) is 31.2 Å². The highest BCUT2D eigenvalue weighted by Crippen LogP contribution is 2.33. The Bertz CT molecular complexity index is 1040. The average Bonchev–Trinajstić information content (AvgIpc) is 2.71. The van der Waals surface area contributed by atoms with Gasteiger partial charge in [-0.2, -0.15) is 0 Å². The Morgan fingerprint density at radius 3 is 1.81 bits per heavy atom. The lowest BCUT2D eigenvalue weighted by Gasteiger charge is -2.48. The first kappa shape index (κ1) is 31.5. The van der Waals surface area contributed by atoms with E-state index in [-0.39, 0.29) is 0 Å². The molecule has 0 aromatic carbocycles. The third-order valence-corrected chi connectivity index (χ3v) is 6.43. The first-order chi connectivity index (χ1) is 16.4. The predicted molar refractivity (Wildman–Crippen MR) is 103 cm³/mol. The van der Waals surface area contributed by atoms with Crippen molar-refractivity contribution in [1.29, 1.82) is 0 Å². The lowest BCUT2D eigenvalue weighted by Crippen LogP contribution is -2.65. The van der Waals surface area contributed by atoms with Crippen molar-refractivity contribution in [3.63, 3.8) is 0 Å². The third kappa shape index (κ3) is 8.69. The Morgan fingerprint density at radius 2 is 1.33 bits per heavy atom. The van der Waals surface area contributed by atoms with Gasteiger partial charge < -0.3 is 47.9 Å². The van der Waals surface area contributed by atoms with E-state index in [1.54, 1.807) is 0 Å². The summed E-state index contributed by atoms with van der Waals surface area (Å²) in [5.74, 6) is 0. The summed E-state index contributed by atoms with van der Waals surface area (Å²) in [7, 11) is -15.4. The van der Waals surface area contributed by atoms with Crippen LogP contribution in [0.4, 0.5) is 0 Å². The normalized spacial score (nSPS) is 38.7. The maximum Gasteiger partial charge on any atom is 0.218 e. The molecule has 0 bridgehead atoms. The lowest BCUT2D eigenvalue weighted by atomic mass is 9.95. The molecule has 0 aromatic rings. The molecule has 3 N–H and O–H groups in total. The van der Waals surface area contributed by atoms with Crippen molar-refractivity contribution in [2.45, 2.75) is 68.1 Å². The van der Waals surface area contributed by atoms with E-state index in [4.69, 9.17) is 18.9 Å². The first-order valence-electron chi connectivity index (χ1n) is 9.71. The number of hydrogen-bond donors (Lipinski definition) is 3. The van der Waals surface area contributed by atoms with Crippen molar-refractivity contribution in [2.24, 2.45) is 0 Å². The Kier molecular flexibility index (Phi) is 10.5. The largest absolute Gasteiger partial charge is 0.726 e. The van der Waals surface area contributed by atoms with Gasteiger partial charge in [0.1, 0.15) is 42.7 Å². The minimum atomic E-state index is -5.54. The van der Waals surface area contributed by atoms with Crippen LogP contribution in [-0.2, 0) is 62.7 Å². The molecule has 4 unspecified atom stereocenters. The van der Waals surface area contributed by atoms with E-state index in [0.29, 0.717) is 0 Å². The van der Waals surface area contributed by atoms with Crippen LogP contribution in [-0.4, -0.2) is 136 Å². The van der Waals surface area contributed by atoms with Gasteiger partial charge in [0.05, 0.1) is 19.3 Å². The number of aliphatic hydroxyl groups is 3. The molecule has 214 valence electrons. The number of aliphatic hydroxyl groups excluding tert-OH is 3. The minimum absolute atomic E-state index is 0.917. The molecule has 0 aliphatic carbocycles. The quantitative estimate of drug-likeness (QED) is 0.149. The highest BCUT2D eigenvalue weighted by Gasteiger charge is 2.53. The molecule has 0 aromatic heterocycles. The molecule has 0 amide bonds. The van der Waals surface area contributed by atoms with Crippen LogP contribution >= 0.6 is 0 Å². The second-order valence-electron chi connectivity index (χ2n) is 7.52. The summed E-state index contributed by atoms with van der Waals surface area (Å²) in [6.45, 7) is -0.966. The lowest BCUT2D eigenvalue weighted by molar-refractivity contribution is -0.337. The first-order valence-corrected chi connectivity index (χ1v) is 13.7. The van der Waals surface area contributed by atoms with Crippen LogP contribution in [0.1, 0.15) is 6.92 Å². The second-order valence-corrected chi connectivity index (χ2v) is 10.6. The van der Waals surface area contributed by atoms with Gasteiger partial charge in [-0.1, -0.05) is 0 Å². The molecule has 0 saturated carbocycles. The summed E-state index contributed by atoms with van der Waals surface area (Å²) in [6, 6.07) is 0. The number of ether oxygens (including phenoxy) is 4. The van der Waals surface area contributed by atoms with Gasteiger partial charge in [-0.05, 0) is 6.92 Å².